The molecule has 5 nitrogen and oxygen atoms in total. The van der Waals surface area contributed by atoms with E-state index in [0.717, 1.165) is 38.3 Å². The van der Waals surface area contributed by atoms with Gasteiger partial charge in [0.15, 0.2) is 0 Å². The van der Waals surface area contributed by atoms with Crippen LogP contribution in [0.5, 0.6) is 0 Å². The highest BCUT2D eigenvalue weighted by molar-refractivity contribution is 7.21. The van der Waals surface area contributed by atoms with Crippen molar-refractivity contribution in [2.75, 3.05) is 10.6 Å². The normalized spacial score (nSPS) is 10.8. The van der Waals surface area contributed by atoms with Crippen LogP contribution in [0.25, 0.3) is 20.8 Å². The van der Waals surface area contributed by atoms with Gasteiger partial charge in [0.05, 0.1) is 10.2 Å². The Kier molecular flexibility index (Phi) is 5.82. The highest BCUT2D eigenvalue weighted by Gasteiger charge is 2.17. The Hall–Kier alpha value is -3.51. The smallest absolute Gasteiger partial charge is 0.314 e. The van der Waals surface area contributed by atoms with Crippen LogP contribution in [0, 0.1) is 13.8 Å². The largest absolute Gasteiger partial charge is 0.318 e. The number of nitrogens with one attached hydrogen (secondary N) is 2. The van der Waals surface area contributed by atoms with Crippen LogP contribution in [-0.2, 0) is 16.0 Å². The Morgan fingerprint density at radius 1 is 0.935 bits per heavy atom. The van der Waals surface area contributed by atoms with Crippen molar-refractivity contribution in [1.82, 2.24) is 4.98 Å². The predicted octanol–water partition coefficient (Wildman–Crippen LogP) is 5.72. The van der Waals surface area contributed by atoms with E-state index in [1.807, 2.05) is 50.2 Å². The molecular formula is C25H23N3O2S. The molecule has 0 saturated carbocycles. The summed E-state index contributed by atoms with van der Waals surface area (Å²) >= 11 is 1.63. The molecule has 3 aromatic carbocycles. The Bertz CT molecular complexity index is 1280. The number of hydrogen-bond acceptors (Lipinski definition) is 4. The Labute approximate surface area is 185 Å². The maximum Gasteiger partial charge on any atom is 0.314 e. The van der Waals surface area contributed by atoms with Crippen molar-refractivity contribution < 1.29 is 9.59 Å². The minimum Gasteiger partial charge on any atom is -0.318 e. The second kappa shape index (κ2) is 8.70. The molecule has 0 atom stereocenters. The van der Waals surface area contributed by atoms with Crippen molar-refractivity contribution in [2.24, 2.45) is 0 Å². The quantitative estimate of drug-likeness (QED) is 0.408. The monoisotopic (exact) mass is 429 g/mol. The molecular weight excluding hydrogens is 406 g/mol. The highest BCUT2D eigenvalue weighted by Crippen LogP contribution is 2.31. The second-order valence-corrected chi connectivity index (χ2v) is 8.47. The lowest BCUT2D eigenvalue weighted by Crippen LogP contribution is -2.29. The minimum atomic E-state index is -0.700. The molecule has 0 spiro atoms. The SMILES string of the molecule is CCc1cccc(C)c1NC(=O)C(=O)Nc1ccc(-c2nc3ccc(C)cc3s2)cc1. The number of para-hydroxylation sites is 1. The fourth-order valence-corrected chi connectivity index (χ4v) is 4.48. The molecule has 1 heterocycles. The summed E-state index contributed by atoms with van der Waals surface area (Å²) in [5.41, 5.74) is 6.33. The third-order valence-electron chi connectivity index (χ3n) is 5.12. The van der Waals surface area contributed by atoms with Crippen LogP contribution in [0.1, 0.15) is 23.6 Å². The average molecular weight is 430 g/mol. The number of aryl methyl sites for hydroxylation is 3. The molecule has 0 fully saturated rings. The third-order valence-corrected chi connectivity index (χ3v) is 6.19. The Morgan fingerprint density at radius 2 is 1.68 bits per heavy atom. The number of thiazole rings is 1. The summed E-state index contributed by atoms with van der Waals surface area (Å²) < 4.78 is 1.15. The number of anilines is 2. The topological polar surface area (TPSA) is 71.1 Å². The Morgan fingerprint density at radius 3 is 2.42 bits per heavy atom. The van der Waals surface area contributed by atoms with Crippen molar-refractivity contribution in [2.45, 2.75) is 27.2 Å². The molecule has 0 aliphatic heterocycles. The number of amides is 2. The average Bonchev–Trinajstić information content (AvgIpc) is 3.18. The summed E-state index contributed by atoms with van der Waals surface area (Å²) in [6.07, 6.45) is 0.770. The molecule has 6 heteroatoms. The van der Waals surface area contributed by atoms with Gasteiger partial charge in [-0.2, -0.15) is 0 Å². The number of rotatable bonds is 4. The van der Waals surface area contributed by atoms with Crippen LogP contribution in [0.2, 0.25) is 0 Å². The van der Waals surface area contributed by atoms with Crippen LogP contribution < -0.4 is 10.6 Å². The molecule has 156 valence electrons. The number of hydrogen-bond donors (Lipinski definition) is 2. The molecule has 0 radical (unpaired) electrons. The van der Waals surface area contributed by atoms with Gasteiger partial charge in [0.2, 0.25) is 0 Å². The summed E-state index contributed by atoms with van der Waals surface area (Å²) in [6, 6.07) is 19.4. The summed E-state index contributed by atoms with van der Waals surface area (Å²) in [4.78, 5) is 29.5. The molecule has 2 amide bonds. The van der Waals surface area contributed by atoms with E-state index >= 15 is 0 Å². The van der Waals surface area contributed by atoms with E-state index in [-0.39, 0.29) is 0 Å². The number of nitrogens with zero attached hydrogens (tertiary/aromatic N) is 1. The highest BCUT2D eigenvalue weighted by atomic mass is 32.1. The van der Waals surface area contributed by atoms with Crippen molar-refractivity contribution in [3.63, 3.8) is 0 Å². The number of fused-ring (bicyclic) bond motifs is 1. The first-order chi connectivity index (χ1) is 14.9. The van der Waals surface area contributed by atoms with E-state index in [4.69, 9.17) is 0 Å². The van der Waals surface area contributed by atoms with Crippen LogP contribution in [0.15, 0.2) is 60.7 Å². The number of aromatic nitrogens is 1. The number of carbonyl (C=O) groups is 2. The van der Waals surface area contributed by atoms with Crippen LogP contribution >= 0.6 is 11.3 Å². The van der Waals surface area contributed by atoms with E-state index < -0.39 is 11.8 Å². The summed E-state index contributed by atoms with van der Waals surface area (Å²) in [7, 11) is 0. The molecule has 0 saturated heterocycles. The molecule has 0 aliphatic rings. The molecule has 0 aliphatic carbocycles. The van der Waals surface area contributed by atoms with E-state index in [1.165, 1.54) is 5.56 Å². The van der Waals surface area contributed by atoms with Gasteiger partial charge in [0.25, 0.3) is 0 Å². The number of carbonyl (C=O) groups excluding carboxylic acids is 2. The van der Waals surface area contributed by atoms with E-state index in [2.05, 4.69) is 34.7 Å². The Balaban J connectivity index is 1.46. The lowest BCUT2D eigenvalue weighted by atomic mass is 10.1. The first kappa shape index (κ1) is 20.8. The van der Waals surface area contributed by atoms with Crippen LogP contribution in [0.3, 0.4) is 0 Å². The maximum absolute atomic E-state index is 12.4. The first-order valence-electron chi connectivity index (χ1n) is 10.1. The van der Waals surface area contributed by atoms with E-state index in [1.54, 1.807) is 23.5 Å². The predicted molar refractivity (Wildman–Crippen MR) is 128 cm³/mol. The zero-order valence-electron chi connectivity index (χ0n) is 17.7. The number of benzene rings is 3. The van der Waals surface area contributed by atoms with Crippen molar-refractivity contribution in [1.29, 1.82) is 0 Å². The van der Waals surface area contributed by atoms with Crippen LogP contribution in [-0.4, -0.2) is 16.8 Å². The van der Waals surface area contributed by atoms with Gasteiger partial charge in [-0.3, -0.25) is 9.59 Å². The van der Waals surface area contributed by atoms with Gasteiger partial charge in [-0.15, -0.1) is 11.3 Å². The molecule has 2 N–H and O–H groups in total. The second-order valence-electron chi connectivity index (χ2n) is 7.44. The first-order valence-corrected chi connectivity index (χ1v) is 10.9. The summed E-state index contributed by atoms with van der Waals surface area (Å²) in [6.45, 7) is 5.99. The third kappa shape index (κ3) is 4.49. The fraction of sp³-hybridized carbons (Fsp3) is 0.160. The summed E-state index contributed by atoms with van der Waals surface area (Å²) in [5, 5.41) is 6.33. The van der Waals surface area contributed by atoms with Crippen molar-refractivity contribution in [3.05, 3.63) is 77.4 Å². The van der Waals surface area contributed by atoms with E-state index in [0.29, 0.717) is 11.4 Å². The lowest BCUT2D eigenvalue weighted by Gasteiger charge is -2.13. The molecule has 31 heavy (non-hydrogen) atoms. The zero-order chi connectivity index (χ0) is 22.0. The van der Waals surface area contributed by atoms with Gasteiger partial charge in [-0.1, -0.05) is 31.2 Å². The maximum atomic E-state index is 12.4. The van der Waals surface area contributed by atoms with Gasteiger partial charge in [0.1, 0.15) is 5.01 Å². The molecule has 0 unspecified atom stereocenters. The van der Waals surface area contributed by atoms with Gasteiger partial charge in [0, 0.05) is 16.9 Å². The van der Waals surface area contributed by atoms with Crippen molar-refractivity contribution >= 4 is 44.7 Å². The van der Waals surface area contributed by atoms with E-state index in [9.17, 15) is 9.59 Å². The standard InChI is InChI=1S/C25H23N3O2S/c1-4-17-7-5-6-16(3)22(17)28-24(30)23(29)26-19-11-9-18(10-12-19)25-27-20-13-8-15(2)14-21(20)31-25/h5-14H,4H2,1-3H3,(H,26,29)(H,28,30). The summed E-state index contributed by atoms with van der Waals surface area (Å²) in [5.74, 6) is -1.39. The van der Waals surface area contributed by atoms with Gasteiger partial charge in [-0.25, -0.2) is 4.98 Å². The van der Waals surface area contributed by atoms with Crippen LogP contribution in [0.4, 0.5) is 11.4 Å². The van der Waals surface area contributed by atoms with Gasteiger partial charge in [-0.05, 0) is 73.4 Å². The molecule has 0 bridgehead atoms. The van der Waals surface area contributed by atoms with Gasteiger partial charge < -0.3 is 10.6 Å². The fourth-order valence-electron chi connectivity index (χ4n) is 3.41. The van der Waals surface area contributed by atoms with Crippen molar-refractivity contribution in [3.8, 4) is 10.6 Å². The zero-order valence-corrected chi connectivity index (χ0v) is 18.5. The lowest BCUT2D eigenvalue weighted by molar-refractivity contribution is -0.133. The van der Waals surface area contributed by atoms with Gasteiger partial charge >= 0.3 is 11.8 Å². The molecule has 4 rings (SSSR count). The molecule has 1 aromatic heterocycles. The minimum absolute atomic E-state index is 0.557. The molecule has 4 aromatic rings.